The molecule has 2 aromatic carbocycles. The quantitative estimate of drug-likeness (QED) is 0.118. The number of hydrogen-bond acceptors (Lipinski definition) is 10. The van der Waals surface area contributed by atoms with Gasteiger partial charge < -0.3 is 35.1 Å². The Hall–Kier alpha value is -3.81. The van der Waals surface area contributed by atoms with Gasteiger partial charge in [-0.25, -0.2) is 0 Å². The van der Waals surface area contributed by atoms with E-state index < -0.39 is 47.6 Å². The van der Waals surface area contributed by atoms with Gasteiger partial charge in [-0.3, -0.25) is 19.2 Å². The molecule has 53 heavy (non-hydrogen) atoms. The van der Waals surface area contributed by atoms with Gasteiger partial charge in [-0.15, -0.1) is 0 Å². The Bertz CT molecular complexity index is 1610. The van der Waals surface area contributed by atoms with Crippen LogP contribution >= 0.6 is 0 Å². The molecule has 1 saturated carbocycles. The number of phenols is 1. The van der Waals surface area contributed by atoms with Crippen LogP contribution in [-0.2, 0) is 46.4 Å². The van der Waals surface area contributed by atoms with Gasteiger partial charge in [-0.05, 0) is 42.0 Å². The maximum Gasteiger partial charge on any atom is 0.327 e. The fourth-order valence-corrected chi connectivity index (χ4v) is 8.42. The number of phenolic OH excluding ortho intramolecular Hbond substituents is 1. The summed E-state index contributed by atoms with van der Waals surface area (Å²) in [5.74, 6) is -1.84. The van der Waals surface area contributed by atoms with E-state index in [0.29, 0.717) is 19.3 Å². The van der Waals surface area contributed by atoms with Gasteiger partial charge in [0.2, 0.25) is 11.8 Å². The topological polar surface area (TPSA) is 156 Å². The average molecular weight is 734 g/mol. The Balaban J connectivity index is 1.27. The number of hydrogen-bond donors (Lipinski definition) is 4. The van der Waals surface area contributed by atoms with Crippen molar-refractivity contribution < 1.29 is 43.6 Å². The Morgan fingerprint density at radius 2 is 1.72 bits per heavy atom. The largest absolute Gasteiger partial charge is 0.508 e. The molecular formula is C41H55N3O9. The zero-order valence-electron chi connectivity index (χ0n) is 31.0. The number of para-hydroxylation sites is 1. The molecule has 4 aliphatic rings. The van der Waals surface area contributed by atoms with E-state index in [4.69, 9.17) is 24.2 Å². The van der Waals surface area contributed by atoms with E-state index in [2.05, 4.69) is 24.5 Å². The van der Waals surface area contributed by atoms with Gasteiger partial charge >= 0.3 is 5.97 Å². The number of aromatic hydroxyl groups is 1. The lowest BCUT2D eigenvalue weighted by molar-refractivity contribution is -0.224. The highest BCUT2D eigenvalue weighted by Crippen LogP contribution is 2.58. The van der Waals surface area contributed by atoms with Crippen molar-refractivity contribution in [1.82, 2.24) is 15.7 Å². The Morgan fingerprint density at radius 1 is 0.962 bits per heavy atom. The fourth-order valence-electron chi connectivity index (χ4n) is 8.42. The van der Waals surface area contributed by atoms with Crippen LogP contribution in [0.4, 0.5) is 0 Å². The Morgan fingerprint density at radius 3 is 2.45 bits per heavy atom. The number of carbonyl (C=O) groups excluding carboxylic acids is 3. The van der Waals surface area contributed by atoms with Crippen molar-refractivity contribution in [3.63, 3.8) is 0 Å². The van der Waals surface area contributed by atoms with Crippen LogP contribution in [0.1, 0.15) is 94.7 Å². The zero-order chi connectivity index (χ0) is 37.4. The molecule has 2 amide bonds. The molecule has 3 saturated heterocycles. The van der Waals surface area contributed by atoms with Crippen LogP contribution in [0.2, 0.25) is 0 Å². The third-order valence-electron chi connectivity index (χ3n) is 11.0. The minimum absolute atomic E-state index is 0.0173. The summed E-state index contributed by atoms with van der Waals surface area (Å²) >= 11 is 0. The van der Waals surface area contributed by atoms with E-state index in [9.17, 15) is 19.5 Å². The maximum absolute atomic E-state index is 14.5. The van der Waals surface area contributed by atoms with Crippen LogP contribution in [-0.4, -0.2) is 89.0 Å². The van der Waals surface area contributed by atoms with Gasteiger partial charge in [-0.2, -0.15) is 5.06 Å². The Labute approximate surface area is 312 Å². The lowest BCUT2D eigenvalue weighted by Gasteiger charge is -2.48. The lowest BCUT2D eigenvalue weighted by atomic mass is 9.62. The molecule has 0 radical (unpaired) electrons. The van der Waals surface area contributed by atoms with E-state index in [-0.39, 0.29) is 56.6 Å². The molecule has 2 aromatic rings. The van der Waals surface area contributed by atoms with E-state index in [1.165, 1.54) is 0 Å². The molecule has 6 atom stereocenters. The molecule has 6 rings (SSSR count). The van der Waals surface area contributed by atoms with Gasteiger partial charge in [0.1, 0.15) is 35.6 Å². The second-order valence-corrected chi connectivity index (χ2v) is 14.8. The molecule has 2 bridgehead atoms. The van der Waals surface area contributed by atoms with Crippen molar-refractivity contribution >= 4 is 23.9 Å². The standard InChI is InChI=1S/C41H55N3O9/c1-3-5-9-20-40(21-10-6-4-2)51-34-32-26-41(39(49)43-22-19-33(47)42-23-24-45)36(38(48)50-32)44(53-37(41)35(34)52-40)27-29-15-11-13-28(25-29)14-12-17-30-16-7-8-18-31(30)46/h7-8,11-16,18,25,32,34-37,45-46H,3-6,9-10,17,19-24,26-27H2,1-2H3,(H,42,47)(H,43,49)/t32-,34+,35+,36-,37-,41-/m1/s1. The van der Waals surface area contributed by atoms with Gasteiger partial charge in [-0.1, -0.05) is 94.1 Å². The van der Waals surface area contributed by atoms with Crippen molar-refractivity contribution in [3.05, 3.63) is 71.3 Å². The van der Waals surface area contributed by atoms with Gasteiger partial charge in [0, 0.05) is 38.8 Å². The summed E-state index contributed by atoms with van der Waals surface area (Å²) in [4.78, 5) is 47.6. The van der Waals surface area contributed by atoms with Crippen LogP contribution < -0.4 is 10.6 Å². The number of nitrogens with zero attached hydrogens (tertiary/aromatic N) is 1. The number of aliphatic hydroxyl groups excluding tert-OH is 1. The molecule has 288 valence electrons. The second-order valence-electron chi connectivity index (χ2n) is 14.8. The molecule has 12 nitrogen and oxygen atoms in total. The number of amides is 2. The SMILES string of the molecule is CCCCCC1(CCCCC)O[C@@H]2[C@H](O1)[C@H]1ON(Cc3cccc(C=CCc4ccccc4O)c3)[C@@H]3C(=O)O[C@@H]2C[C@]13C(=O)NCCC(=O)NCCO. The second kappa shape index (κ2) is 17.6. The minimum atomic E-state index is -1.34. The molecule has 0 aromatic heterocycles. The molecule has 4 fully saturated rings. The lowest BCUT2D eigenvalue weighted by Crippen LogP contribution is -2.69. The van der Waals surface area contributed by atoms with Crippen LogP contribution in [0.5, 0.6) is 5.75 Å². The van der Waals surface area contributed by atoms with E-state index in [1.54, 1.807) is 17.2 Å². The third-order valence-corrected chi connectivity index (χ3v) is 11.0. The third kappa shape index (κ3) is 8.47. The summed E-state index contributed by atoms with van der Waals surface area (Å²) in [5.41, 5.74) is 1.29. The van der Waals surface area contributed by atoms with E-state index in [0.717, 1.165) is 55.2 Å². The van der Waals surface area contributed by atoms with Crippen molar-refractivity contribution in [2.24, 2.45) is 5.41 Å². The summed E-state index contributed by atoms with van der Waals surface area (Å²) < 4.78 is 19.9. The van der Waals surface area contributed by atoms with Crippen LogP contribution in [0, 0.1) is 5.41 Å². The fraction of sp³-hybridized carbons (Fsp3) is 0.585. The Kier molecular flexibility index (Phi) is 12.9. The number of carbonyl (C=O) groups is 3. The predicted molar refractivity (Wildman–Crippen MR) is 197 cm³/mol. The normalized spacial score (nSPS) is 27.1. The smallest absolute Gasteiger partial charge is 0.327 e. The zero-order valence-corrected chi connectivity index (χ0v) is 31.0. The number of esters is 1. The first-order chi connectivity index (χ1) is 25.7. The highest BCUT2D eigenvalue weighted by atomic mass is 16.8. The predicted octanol–water partition coefficient (Wildman–Crippen LogP) is 4.70. The molecule has 12 heteroatoms. The molecule has 0 unspecified atom stereocenters. The highest BCUT2D eigenvalue weighted by molar-refractivity contribution is 5.94. The summed E-state index contributed by atoms with van der Waals surface area (Å²) in [6.45, 7) is 4.52. The number of hydroxylamine groups is 2. The van der Waals surface area contributed by atoms with Crippen LogP contribution in [0.25, 0.3) is 6.08 Å². The summed E-state index contributed by atoms with van der Waals surface area (Å²) in [5, 5.41) is 26.4. The number of benzene rings is 2. The molecule has 4 N–H and O–H groups in total. The number of ether oxygens (including phenoxy) is 3. The minimum Gasteiger partial charge on any atom is -0.508 e. The first-order valence-electron chi connectivity index (χ1n) is 19.4. The number of rotatable bonds is 19. The maximum atomic E-state index is 14.5. The molecule has 3 heterocycles. The van der Waals surface area contributed by atoms with Gasteiger partial charge in [0.05, 0.1) is 13.2 Å². The van der Waals surface area contributed by atoms with Crippen molar-refractivity contribution in [3.8, 4) is 5.75 Å². The summed E-state index contributed by atoms with van der Waals surface area (Å²) in [6, 6.07) is 14.1. The summed E-state index contributed by atoms with van der Waals surface area (Å²) in [7, 11) is 0. The average Bonchev–Trinajstić information content (AvgIpc) is 3.70. The van der Waals surface area contributed by atoms with Crippen molar-refractivity contribution in [1.29, 1.82) is 0 Å². The van der Waals surface area contributed by atoms with E-state index in [1.807, 2.05) is 48.6 Å². The van der Waals surface area contributed by atoms with Gasteiger partial charge in [0.15, 0.2) is 11.8 Å². The number of unbranched alkanes of at least 4 members (excludes halogenated alkanes) is 4. The molecular weight excluding hydrogens is 678 g/mol. The number of aliphatic hydroxyl groups is 1. The highest BCUT2D eigenvalue weighted by Gasteiger charge is 2.76. The molecule has 3 aliphatic heterocycles. The first kappa shape index (κ1) is 38.9. The monoisotopic (exact) mass is 733 g/mol. The van der Waals surface area contributed by atoms with Crippen LogP contribution in [0.15, 0.2) is 54.6 Å². The van der Waals surface area contributed by atoms with Crippen LogP contribution in [0.3, 0.4) is 0 Å². The summed E-state index contributed by atoms with van der Waals surface area (Å²) in [6.07, 6.45) is 9.41. The number of nitrogens with one attached hydrogen (secondary N) is 2. The van der Waals surface area contributed by atoms with Crippen molar-refractivity contribution in [2.45, 2.75) is 127 Å². The number of fused-ring (bicyclic) bond motifs is 4. The number of allylic oxidation sites excluding steroid dienone is 1. The molecule has 0 spiro atoms. The van der Waals surface area contributed by atoms with Crippen molar-refractivity contribution in [2.75, 3.05) is 19.7 Å². The van der Waals surface area contributed by atoms with Gasteiger partial charge in [0.25, 0.3) is 0 Å². The molecule has 1 aliphatic carbocycles. The van der Waals surface area contributed by atoms with E-state index >= 15 is 0 Å². The first-order valence-corrected chi connectivity index (χ1v) is 19.4.